The van der Waals surface area contributed by atoms with Crippen LogP contribution >= 0.6 is 0 Å². The molecule has 126 valence electrons. The molecule has 7 heteroatoms. The fraction of sp³-hybridized carbons (Fsp3) is 0.222. The minimum absolute atomic E-state index is 0.0670. The first-order valence-electron chi connectivity index (χ1n) is 8.07. The number of nitrogens with zero attached hydrogens (tertiary/aromatic N) is 4. The summed E-state index contributed by atoms with van der Waals surface area (Å²) < 4.78 is 12.7. The molecule has 0 bridgehead atoms. The van der Waals surface area contributed by atoms with E-state index >= 15 is 0 Å². The largest absolute Gasteiger partial charge is 0.486 e. The predicted octanol–water partition coefficient (Wildman–Crippen LogP) is 2.25. The van der Waals surface area contributed by atoms with Gasteiger partial charge in [0.2, 0.25) is 0 Å². The number of ether oxygens (including phenoxy) is 2. The molecule has 4 rings (SSSR count). The molecule has 0 saturated heterocycles. The highest BCUT2D eigenvalue weighted by atomic mass is 16.6. The van der Waals surface area contributed by atoms with Crippen LogP contribution in [0.15, 0.2) is 48.5 Å². The molecule has 25 heavy (non-hydrogen) atoms. The maximum absolute atomic E-state index is 12.3. The molecule has 2 heterocycles. The summed E-state index contributed by atoms with van der Waals surface area (Å²) in [6, 6.07) is 14.8. The molecule has 3 aromatic rings. The second-order valence-corrected chi connectivity index (χ2v) is 5.62. The summed E-state index contributed by atoms with van der Waals surface area (Å²) >= 11 is 0. The lowest BCUT2D eigenvalue weighted by Gasteiger charge is -2.18. The lowest BCUT2D eigenvalue weighted by atomic mass is 10.1. The molecule has 0 fully saturated rings. The van der Waals surface area contributed by atoms with E-state index in [4.69, 9.17) is 9.47 Å². The van der Waals surface area contributed by atoms with Crippen LogP contribution in [0, 0.1) is 0 Å². The van der Waals surface area contributed by atoms with Gasteiger partial charge in [-0.1, -0.05) is 30.3 Å². The maximum Gasteiger partial charge on any atom is 0.163 e. The zero-order valence-electron chi connectivity index (χ0n) is 13.5. The van der Waals surface area contributed by atoms with Crippen LogP contribution in [0.3, 0.4) is 0 Å². The van der Waals surface area contributed by atoms with Crippen molar-refractivity contribution < 1.29 is 14.3 Å². The Labute approximate surface area is 144 Å². The van der Waals surface area contributed by atoms with Gasteiger partial charge >= 0.3 is 0 Å². The Morgan fingerprint density at radius 2 is 1.84 bits per heavy atom. The third-order valence-electron chi connectivity index (χ3n) is 3.98. The number of ketones is 1. The van der Waals surface area contributed by atoms with Crippen molar-refractivity contribution in [2.45, 2.75) is 12.8 Å². The van der Waals surface area contributed by atoms with E-state index in [2.05, 4.69) is 15.5 Å². The van der Waals surface area contributed by atoms with Crippen molar-refractivity contribution in [3.63, 3.8) is 0 Å². The smallest absolute Gasteiger partial charge is 0.163 e. The molecule has 0 atom stereocenters. The number of carbonyl (C=O) groups is 1. The van der Waals surface area contributed by atoms with Crippen LogP contribution in [-0.2, 0) is 6.42 Å². The van der Waals surface area contributed by atoms with Crippen LogP contribution in [0.5, 0.6) is 11.5 Å². The number of rotatable bonds is 5. The Hall–Kier alpha value is -3.22. The molecule has 0 spiro atoms. The van der Waals surface area contributed by atoms with E-state index in [-0.39, 0.29) is 5.78 Å². The second-order valence-electron chi connectivity index (χ2n) is 5.62. The van der Waals surface area contributed by atoms with Gasteiger partial charge in [-0.05, 0) is 22.6 Å². The standard InChI is InChI=1S/C18H16N4O3/c23-15(13-4-2-1-3-5-13)7-9-18-19-20-21-22(18)14-6-8-16-17(12-14)25-11-10-24-16/h1-6,8,12H,7,9-11H2. The van der Waals surface area contributed by atoms with Gasteiger partial charge in [0.25, 0.3) is 0 Å². The summed E-state index contributed by atoms with van der Waals surface area (Å²) in [6.07, 6.45) is 0.796. The van der Waals surface area contributed by atoms with Gasteiger partial charge in [0.1, 0.15) is 13.2 Å². The van der Waals surface area contributed by atoms with E-state index in [1.165, 1.54) is 0 Å². The summed E-state index contributed by atoms with van der Waals surface area (Å²) in [5.41, 5.74) is 1.47. The molecule has 1 aliphatic rings. The average Bonchev–Trinajstić information content (AvgIpc) is 3.15. The van der Waals surface area contributed by atoms with Crippen molar-refractivity contribution in [2.75, 3.05) is 13.2 Å². The van der Waals surface area contributed by atoms with Gasteiger partial charge in [-0.2, -0.15) is 4.68 Å². The molecule has 0 N–H and O–H groups in total. The van der Waals surface area contributed by atoms with Crippen molar-refractivity contribution >= 4 is 5.78 Å². The van der Waals surface area contributed by atoms with Gasteiger partial charge in [0.05, 0.1) is 5.69 Å². The van der Waals surface area contributed by atoms with Gasteiger partial charge in [-0.25, -0.2) is 0 Å². The molecule has 0 unspecified atom stereocenters. The quantitative estimate of drug-likeness (QED) is 0.665. The third kappa shape index (κ3) is 3.21. The van der Waals surface area contributed by atoms with Crippen LogP contribution in [0.25, 0.3) is 5.69 Å². The monoisotopic (exact) mass is 336 g/mol. The van der Waals surface area contributed by atoms with Gasteiger partial charge in [-0.15, -0.1) is 5.10 Å². The third-order valence-corrected chi connectivity index (χ3v) is 3.98. The summed E-state index contributed by atoms with van der Waals surface area (Å²) in [4.78, 5) is 12.3. The summed E-state index contributed by atoms with van der Waals surface area (Å²) in [6.45, 7) is 1.06. The fourth-order valence-electron chi connectivity index (χ4n) is 2.72. The summed E-state index contributed by atoms with van der Waals surface area (Å²) in [5.74, 6) is 2.08. The van der Waals surface area contributed by atoms with E-state index in [1.807, 2.05) is 48.5 Å². The van der Waals surface area contributed by atoms with Crippen molar-refractivity contribution in [3.05, 3.63) is 59.9 Å². The minimum Gasteiger partial charge on any atom is -0.486 e. The molecule has 0 aliphatic carbocycles. The zero-order valence-corrected chi connectivity index (χ0v) is 13.5. The number of tetrazole rings is 1. The van der Waals surface area contributed by atoms with Gasteiger partial charge < -0.3 is 9.47 Å². The average molecular weight is 336 g/mol. The molecule has 1 aliphatic heterocycles. The number of carbonyl (C=O) groups excluding carboxylic acids is 1. The Morgan fingerprint density at radius 1 is 1.04 bits per heavy atom. The first kappa shape index (κ1) is 15.3. The molecule has 2 aromatic carbocycles. The second kappa shape index (κ2) is 6.72. The first-order chi connectivity index (χ1) is 12.3. The van der Waals surface area contributed by atoms with Gasteiger partial charge in [0.15, 0.2) is 23.1 Å². The molecule has 0 saturated carbocycles. The normalized spacial score (nSPS) is 12.8. The van der Waals surface area contributed by atoms with E-state index in [1.54, 1.807) is 4.68 Å². The van der Waals surface area contributed by atoms with Crippen LogP contribution in [0.1, 0.15) is 22.6 Å². The number of benzene rings is 2. The Kier molecular flexibility index (Phi) is 4.12. The zero-order chi connectivity index (χ0) is 17.1. The topological polar surface area (TPSA) is 79.1 Å². The van der Waals surface area contributed by atoms with Gasteiger partial charge in [-0.3, -0.25) is 4.79 Å². The van der Waals surface area contributed by atoms with Crippen LogP contribution in [0.2, 0.25) is 0 Å². The SMILES string of the molecule is O=C(CCc1nnnn1-c1ccc2c(c1)OCCO2)c1ccccc1. The van der Waals surface area contributed by atoms with Gasteiger partial charge in [0, 0.05) is 24.5 Å². The Morgan fingerprint density at radius 3 is 2.68 bits per heavy atom. The number of aromatic nitrogens is 4. The lowest BCUT2D eigenvalue weighted by molar-refractivity contribution is 0.0982. The summed E-state index contributed by atoms with van der Waals surface area (Å²) in [7, 11) is 0. The number of fused-ring (bicyclic) bond motifs is 1. The highest BCUT2D eigenvalue weighted by Gasteiger charge is 2.16. The molecular weight excluding hydrogens is 320 g/mol. The molecule has 7 nitrogen and oxygen atoms in total. The van der Waals surface area contributed by atoms with E-state index in [0.717, 1.165) is 5.69 Å². The number of aryl methyl sites for hydroxylation is 1. The van der Waals surface area contributed by atoms with E-state index in [0.29, 0.717) is 48.9 Å². The summed E-state index contributed by atoms with van der Waals surface area (Å²) in [5, 5.41) is 11.8. The molecular formula is C18H16N4O3. The van der Waals surface area contributed by atoms with Crippen LogP contribution in [-0.4, -0.2) is 39.2 Å². The van der Waals surface area contributed by atoms with Crippen LogP contribution in [0.4, 0.5) is 0 Å². The Balaban J connectivity index is 1.52. The lowest BCUT2D eigenvalue weighted by Crippen LogP contribution is -2.15. The predicted molar refractivity (Wildman–Crippen MR) is 89.2 cm³/mol. The number of hydrogen-bond donors (Lipinski definition) is 0. The Bertz CT molecular complexity index is 892. The van der Waals surface area contributed by atoms with Crippen LogP contribution < -0.4 is 9.47 Å². The van der Waals surface area contributed by atoms with Crippen molar-refractivity contribution in [3.8, 4) is 17.2 Å². The van der Waals surface area contributed by atoms with Crippen molar-refractivity contribution in [1.29, 1.82) is 0 Å². The van der Waals surface area contributed by atoms with E-state index < -0.39 is 0 Å². The first-order valence-corrected chi connectivity index (χ1v) is 8.07. The highest BCUT2D eigenvalue weighted by molar-refractivity contribution is 5.96. The molecule has 0 radical (unpaired) electrons. The van der Waals surface area contributed by atoms with E-state index in [9.17, 15) is 4.79 Å². The van der Waals surface area contributed by atoms with Crippen molar-refractivity contribution in [1.82, 2.24) is 20.2 Å². The minimum atomic E-state index is 0.0670. The molecule has 1 aromatic heterocycles. The highest BCUT2D eigenvalue weighted by Crippen LogP contribution is 2.32. The number of hydrogen-bond acceptors (Lipinski definition) is 6. The van der Waals surface area contributed by atoms with Crippen molar-refractivity contribution in [2.24, 2.45) is 0 Å². The maximum atomic E-state index is 12.3. The fourth-order valence-corrected chi connectivity index (χ4v) is 2.72. The molecule has 0 amide bonds. The number of Topliss-reactive ketones (excluding diaryl/α,β-unsaturated/α-hetero) is 1.